The minimum Gasteiger partial charge on any atom is -0.466 e. The first kappa shape index (κ1) is 27.7. The second-order valence-electron chi connectivity index (χ2n) is 14.8. The Labute approximate surface area is 249 Å². The van der Waals surface area contributed by atoms with Gasteiger partial charge in [0.1, 0.15) is 6.10 Å². The summed E-state index contributed by atoms with van der Waals surface area (Å²) < 4.78 is 17.0. The number of esters is 3. The SMILES string of the molecule is C=C(C(=O)OC)C1C(=O)C(O)C2(C)C3=C1C14OC(=O)C(CO)=C1CC1C(COC(C)=O)C5CC5C1(C)C4CC3(O)C1CC12. The van der Waals surface area contributed by atoms with Crippen LogP contribution >= 0.6 is 0 Å². The summed E-state index contributed by atoms with van der Waals surface area (Å²) in [6.45, 7) is 9.02. The molecule has 1 heterocycles. The first-order chi connectivity index (χ1) is 20.2. The first-order valence-electron chi connectivity index (χ1n) is 15.4. The Morgan fingerprint density at radius 3 is 2.49 bits per heavy atom. The van der Waals surface area contributed by atoms with E-state index >= 15 is 0 Å². The second kappa shape index (κ2) is 8.06. The standard InChI is InChI=1S/C33H38O10/c1-12(28(38)41-5)23-24-26-31(4,27(37)25(23)36)20-8-21(20)32(26,40)9-22-30(3)17-6-14(17)16(11-42-13(2)35)18(30)7-19-15(10-34)29(39)43-33(19,22)24/h14,16-18,20-23,27,34,37,40H,1,6-11H2,2-5H3. The molecule has 0 bridgehead atoms. The number of ether oxygens (including phenoxy) is 3. The van der Waals surface area contributed by atoms with Gasteiger partial charge in [0, 0.05) is 23.8 Å². The van der Waals surface area contributed by atoms with Crippen molar-refractivity contribution in [3.63, 3.8) is 0 Å². The Balaban J connectivity index is 1.42. The zero-order valence-electron chi connectivity index (χ0n) is 24.8. The predicted octanol–water partition coefficient (Wildman–Crippen LogP) is 1.42. The molecule has 10 nitrogen and oxygen atoms in total. The summed E-state index contributed by atoms with van der Waals surface area (Å²) in [5.74, 6) is -4.16. The summed E-state index contributed by atoms with van der Waals surface area (Å²) in [6.07, 6.45) is 0.709. The van der Waals surface area contributed by atoms with E-state index in [1.807, 2.05) is 6.92 Å². The molecular formula is C33H38O10. The zero-order valence-corrected chi connectivity index (χ0v) is 24.8. The van der Waals surface area contributed by atoms with Gasteiger partial charge in [-0.15, -0.1) is 0 Å². The Bertz CT molecular complexity index is 1520. The van der Waals surface area contributed by atoms with Crippen LogP contribution in [0.3, 0.4) is 0 Å². The van der Waals surface area contributed by atoms with Crippen LogP contribution in [-0.4, -0.2) is 76.6 Å². The lowest BCUT2D eigenvalue weighted by molar-refractivity contribution is -0.176. The van der Waals surface area contributed by atoms with Gasteiger partial charge in [-0.1, -0.05) is 20.4 Å². The monoisotopic (exact) mass is 594 g/mol. The van der Waals surface area contributed by atoms with Crippen molar-refractivity contribution in [3.05, 3.63) is 34.4 Å². The number of Topliss-reactive ketones (excluding diaryl/α,β-unsaturated/α-hetero) is 1. The molecule has 1 spiro atoms. The minimum atomic E-state index is -1.50. The fraction of sp³-hybridized carbons (Fsp3) is 0.697. The maximum Gasteiger partial charge on any atom is 0.337 e. The molecular weight excluding hydrogens is 556 g/mol. The van der Waals surface area contributed by atoms with E-state index < -0.39 is 64.3 Å². The number of hydrogen-bond acceptors (Lipinski definition) is 10. The highest BCUT2D eigenvalue weighted by atomic mass is 16.6. The van der Waals surface area contributed by atoms with Crippen LogP contribution in [0.25, 0.3) is 0 Å². The third-order valence-corrected chi connectivity index (χ3v) is 13.7. The summed E-state index contributed by atoms with van der Waals surface area (Å²) in [7, 11) is 1.19. The molecule has 0 radical (unpaired) electrons. The van der Waals surface area contributed by atoms with Gasteiger partial charge >= 0.3 is 17.9 Å². The van der Waals surface area contributed by atoms with Crippen LogP contribution in [0.4, 0.5) is 0 Å². The lowest BCUT2D eigenvalue weighted by atomic mass is 9.42. The van der Waals surface area contributed by atoms with Gasteiger partial charge in [0.25, 0.3) is 0 Å². The molecule has 1 aliphatic heterocycles. The number of methoxy groups -OCH3 is 1. The number of aliphatic hydroxyl groups excluding tert-OH is 2. The Hall–Kier alpha value is -2.82. The summed E-state index contributed by atoms with van der Waals surface area (Å²) in [5, 5.41) is 35.0. The topological polar surface area (TPSA) is 157 Å². The smallest absolute Gasteiger partial charge is 0.337 e. The van der Waals surface area contributed by atoms with Gasteiger partial charge in [0.05, 0.1) is 37.4 Å². The molecule has 230 valence electrons. The van der Waals surface area contributed by atoms with Gasteiger partial charge in [-0.05, 0) is 83.3 Å². The van der Waals surface area contributed by atoms with E-state index in [9.17, 15) is 34.5 Å². The van der Waals surface area contributed by atoms with Crippen molar-refractivity contribution < 1.29 is 48.7 Å². The number of aliphatic hydroxyl groups is 3. The lowest BCUT2D eigenvalue weighted by Crippen LogP contribution is -2.67. The molecule has 0 amide bonds. The van der Waals surface area contributed by atoms with Crippen molar-refractivity contribution in [2.24, 2.45) is 58.2 Å². The molecule has 5 fully saturated rings. The molecule has 10 heteroatoms. The quantitative estimate of drug-likeness (QED) is 0.184. The summed E-state index contributed by atoms with van der Waals surface area (Å²) in [4.78, 5) is 52.8. The Morgan fingerprint density at radius 1 is 1.12 bits per heavy atom. The molecule has 0 aromatic rings. The number of carbonyl (C=O) groups is 4. The number of hydrogen-bond donors (Lipinski definition) is 3. The second-order valence-corrected chi connectivity index (χ2v) is 14.8. The van der Waals surface area contributed by atoms with Crippen molar-refractivity contribution in [1.29, 1.82) is 0 Å². The van der Waals surface area contributed by atoms with Gasteiger partial charge in [0.2, 0.25) is 0 Å². The van der Waals surface area contributed by atoms with Crippen molar-refractivity contribution in [3.8, 4) is 0 Å². The summed E-state index contributed by atoms with van der Waals surface area (Å²) in [6, 6.07) is 0. The van der Waals surface area contributed by atoms with Gasteiger partial charge < -0.3 is 29.5 Å². The first-order valence-corrected chi connectivity index (χ1v) is 15.4. The van der Waals surface area contributed by atoms with E-state index in [4.69, 9.17) is 14.2 Å². The van der Waals surface area contributed by atoms with E-state index in [0.29, 0.717) is 35.5 Å². The molecule has 0 saturated heterocycles. The van der Waals surface area contributed by atoms with Gasteiger partial charge in [-0.3, -0.25) is 9.59 Å². The highest BCUT2D eigenvalue weighted by Crippen LogP contribution is 2.83. The van der Waals surface area contributed by atoms with E-state index in [-0.39, 0.29) is 59.7 Å². The van der Waals surface area contributed by atoms with Crippen molar-refractivity contribution in [2.75, 3.05) is 20.3 Å². The van der Waals surface area contributed by atoms with Crippen LogP contribution in [0.2, 0.25) is 0 Å². The Morgan fingerprint density at radius 2 is 1.84 bits per heavy atom. The fourth-order valence-corrected chi connectivity index (χ4v) is 11.9. The molecule has 13 atom stereocenters. The number of carbonyl (C=O) groups excluding carboxylic acids is 4. The average molecular weight is 595 g/mol. The predicted molar refractivity (Wildman–Crippen MR) is 146 cm³/mol. The van der Waals surface area contributed by atoms with Crippen LogP contribution in [0.5, 0.6) is 0 Å². The molecule has 7 aliphatic carbocycles. The van der Waals surface area contributed by atoms with Crippen molar-refractivity contribution in [2.45, 2.75) is 63.8 Å². The maximum absolute atomic E-state index is 14.3. The van der Waals surface area contributed by atoms with Crippen molar-refractivity contribution in [1.82, 2.24) is 0 Å². The molecule has 0 aromatic heterocycles. The molecule has 8 rings (SSSR count). The summed E-state index contributed by atoms with van der Waals surface area (Å²) in [5.41, 5.74) is -3.11. The minimum absolute atomic E-state index is 0.0274. The highest BCUT2D eigenvalue weighted by molar-refractivity contribution is 6.04. The van der Waals surface area contributed by atoms with Crippen LogP contribution in [0.15, 0.2) is 34.4 Å². The zero-order chi connectivity index (χ0) is 30.8. The van der Waals surface area contributed by atoms with Gasteiger partial charge in [0.15, 0.2) is 11.4 Å². The molecule has 3 N–H and O–H groups in total. The van der Waals surface area contributed by atoms with E-state index in [1.165, 1.54) is 14.0 Å². The van der Waals surface area contributed by atoms with Crippen LogP contribution in [0.1, 0.15) is 46.5 Å². The lowest BCUT2D eigenvalue weighted by Gasteiger charge is -2.63. The van der Waals surface area contributed by atoms with Crippen LogP contribution in [0, 0.1) is 58.2 Å². The van der Waals surface area contributed by atoms with E-state index in [2.05, 4.69) is 13.5 Å². The number of ketones is 1. The largest absolute Gasteiger partial charge is 0.466 e. The van der Waals surface area contributed by atoms with E-state index in [0.717, 1.165) is 6.42 Å². The van der Waals surface area contributed by atoms with Crippen LogP contribution < -0.4 is 0 Å². The maximum atomic E-state index is 14.3. The van der Waals surface area contributed by atoms with Gasteiger partial charge in [-0.25, -0.2) is 9.59 Å². The molecule has 13 unspecified atom stereocenters. The molecule has 5 saturated carbocycles. The van der Waals surface area contributed by atoms with Crippen molar-refractivity contribution >= 4 is 23.7 Å². The third-order valence-electron chi connectivity index (χ3n) is 13.7. The third kappa shape index (κ3) is 2.84. The fourth-order valence-electron chi connectivity index (χ4n) is 11.9. The molecule has 43 heavy (non-hydrogen) atoms. The number of rotatable bonds is 5. The van der Waals surface area contributed by atoms with Crippen LogP contribution in [-0.2, 0) is 33.4 Å². The molecule has 8 aliphatic rings. The molecule has 0 aromatic carbocycles. The highest BCUT2D eigenvalue weighted by Gasteiger charge is 2.84. The number of fused-ring (bicyclic) bond motifs is 7. The van der Waals surface area contributed by atoms with E-state index in [1.54, 1.807) is 0 Å². The average Bonchev–Trinajstić information content (AvgIpc) is 3.87. The Kier molecular flexibility index (Phi) is 5.19. The normalized spacial score (nSPS) is 51.0. The van der Waals surface area contributed by atoms with Gasteiger partial charge in [-0.2, -0.15) is 0 Å². The summed E-state index contributed by atoms with van der Waals surface area (Å²) >= 11 is 0.